The van der Waals surface area contributed by atoms with Gasteiger partial charge in [0.1, 0.15) is 36.5 Å². The molecule has 4 aromatic rings. The molecule has 0 fully saturated rings. The lowest BCUT2D eigenvalue weighted by Crippen LogP contribution is -2.02. The molecule has 0 atom stereocenters. The zero-order valence-corrected chi connectivity index (χ0v) is 24.0. The molecular formula is C30H22Cl4N2O4. The highest BCUT2D eigenvalue weighted by atomic mass is 35.5. The third-order valence-corrected chi connectivity index (χ3v) is 7.16. The highest BCUT2D eigenvalue weighted by Gasteiger charge is 2.16. The Morgan fingerprint density at radius 1 is 0.850 bits per heavy atom. The van der Waals surface area contributed by atoms with Crippen LogP contribution in [0.5, 0.6) is 17.2 Å². The number of carbonyl (C=O) groups is 1. The summed E-state index contributed by atoms with van der Waals surface area (Å²) < 4.78 is 17.6. The molecule has 0 aliphatic rings. The number of halogens is 4. The molecule has 3 aromatic carbocycles. The van der Waals surface area contributed by atoms with Crippen LogP contribution in [0.25, 0.3) is 11.1 Å². The van der Waals surface area contributed by atoms with Crippen LogP contribution in [0.3, 0.4) is 0 Å². The van der Waals surface area contributed by atoms with Gasteiger partial charge in [0.05, 0.1) is 32.8 Å². The largest absolute Gasteiger partial charge is 0.492 e. The number of nitrogens with zero attached hydrogens (tertiary/aromatic N) is 2. The van der Waals surface area contributed by atoms with Crippen LogP contribution in [0.1, 0.15) is 33.5 Å². The van der Waals surface area contributed by atoms with Gasteiger partial charge in [-0.3, -0.25) is 9.78 Å². The summed E-state index contributed by atoms with van der Waals surface area (Å²) >= 11 is 25.6. The van der Waals surface area contributed by atoms with Gasteiger partial charge < -0.3 is 14.2 Å². The fourth-order valence-corrected chi connectivity index (χ4v) is 4.69. The number of alkyl halides is 1. The fraction of sp³-hybridized carbons (Fsp3) is 0.167. The van der Waals surface area contributed by atoms with Crippen molar-refractivity contribution in [2.75, 3.05) is 12.5 Å². The van der Waals surface area contributed by atoms with E-state index in [-0.39, 0.29) is 29.5 Å². The first-order valence-corrected chi connectivity index (χ1v) is 13.7. The minimum Gasteiger partial charge on any atom is -0.492 e. The van der Waals surface area contributed by atoms with Gasteiger partial charge >= 0.3 is 0 Å². The van der Waals surface area contributed by atoms with Crippen molar-refractivity contribution >= 4 is 52.7 Å². The van der Waals surface area contributed by atoms with E-state index < -0.39 is 0 Å². The first-order chi connectivity index (χ1) is 19.4. The molecule has 0 radical (unpaired) electrons. The highest BCUT2D eigenvalue weighted by Crippen LogP contribution is 2.40. The number of hydrogen-bond acceptors (Lipinski definition) is 6. The van der Waals surface area contributed by atoms with Gasteiger partial charge in [-0.05, 0) is 24.6 Å². The van der Waals surface area contributed by atoms with Crippen LogP contribution in [0.15, 0.2) is 67.0 Å². The molecule has 6 nitrogen and oxygen atoms in total. The molecule has 10 heteroatoms. The summed E-state index contributed by atoms with van der Waals surface area (Å²) in [6.45, 7) is 0.629. The van der Waals surface area contributed by atoms with Gasteiger partial charge in [0, 0.05) is 46.6 Å². The molecule has 0 saturated heterocycles. The molecule has 0 N–H and O–H groups in total. The quantitative estimate of drug-likeness (QED) is 0.0902. The predicted octanol–water partition coefficient (Wildman–Crippen LogP) is 8.56. The first-order valence-electron chi connectivity index (χ1n) is 12.1. The molecular weight excluding hydrogens is 594 g/mol. The molecule has 0 bridgehead atoms. The molecule has 1 aromatic heterocycles. The summed E-state index contributed by atoms with van der Waals surface area (Å²) in [4.78, 5) is 15.7. The maximum atomic E-state index is 11.6. The molecule has 0 unspecified atom stereocenters. The first kappa shape index (κ1) is 29.5. The van der Waals surface area contributed by atoms with Gasteiger partial charge in [0.25, 0.3) is 0 Å². The maximum absolute atomic E-state index is 11.6. The lowest BCUT2D eigenvalue weighted by atomic mass is 10.0. The minimum absolute atomic E-state index is 0.0872. The molecule has 0 aliphatic carbocycles. The third kappa shape index (κ3) is 7.18. The molecule has 0 amide bonds. The van der Waals surface area contributed by atoms with Gasteiger partial charge in [0.15, 0.2) is 6.29 Å². The van der Waals surface area contributed by atoms with Crippen LogP contribution in [0.2, 0.25) is 15.1 Å². The predicted molar refractivity (Wildman–Crippen MR) is 157 cm³/mol. The number of nitriles is 1. The Balaban J connectivity index is 1.53. The van der Waals surface area contributed by atoms with Crippen LogP contribution >= 0.6 is 46.4 Å². The standard InChI is InChI=1S/C30H22Cl4N2O4/c31-8-3-9-38-26-7-2-6-24(30(26)34)23-5-1-4-21(29(23)33)18-40-28-12-27(22(16-37)11-25(28)32)39-17-20-10-19(13-35)14-36-15-20/h1-2,4-7,10-12,14-16H,3,8-9,17-18H2. The van der Waals surface area contributed by atoms with E-state index in [1.165, 1.54) is 12.3 Å². The lowest BCUT2D eigenvalue weighted by molar-refractivity contribution is 0.111. The average Bonchev–Trinajstić information content (AvgIpc) is 2.97. The van der Waals surface area contributed by atoms with Crippen molar-refractivity contribution in [1.29, 1.82) is 5.26 Å². The Bertz CT molecular complexity index is 1560. The second kappa shape index (κ2) is 14.2. The number of rotatable bonds is 12. The molecule has 0 saturated carbocycles. The van der Waals surface area contributed by atoms with E-state index in [0.29, 0.717) is 63.4 Å². The van der Waals surface area contributed by atoms with E-state index in [9.17, 15) is 4.79 Å². The van der Waals surface area contributed by atoms with Crippen LogP contribution in [0, 0.1) is 11.3 Å². The van der Waals surface area contributed by atoms with Crippen molar-refractivity contribution in [1.82, 2.24) is 4.98 Å². The van der Waals surface area contributed by atoms with Crippen LogP contribution in [-0.2, 0) is 13.2 Å². The molecule has 204 valence electrons. The van der Waals surface area contributed by atoms with Crippen molar-refractivity contribution in [3.63, 3.8) is 0 Å². The summed E-state index contributed by atoms with van der Waals surface area (Å²) in [6, 6.07) is 17.8. The summed E-state index contributed by atoms with van der Waals surface area (Å²) in [5, 5.41) is 10.2. The van der Waals surface area contributed by atoms with Gasteiger partial charge in [-0.25, -0.2) is 0 Å². The van der Waals surface area contributed by atoms with Gasteiger partial charge in [0.2, 0.25) is 0 Å². The van der Waals surface area contributed by atoms with Crippen molar-refractivity contribution < 1.29 is 19.0 Å². The van der Waals surface area contributed by atoms with Crippen molar-refractivity contribution in [2.24, 2.45) is 0 Å². The molecule has 0 aliphatic heterocycles. The molecule has 0 spiro atoms. The Kier molecular flexibility index (Phi) is 10.5. The van der Waals surface area contributed by atoms with E-state index in [0.717, 1.165) is 11.1 Å². The van der Waals surface area contributed by atoms with Crippen LogP contribution < -0.4 is 14.2 Å². The van der Waals surface area contributed by atoms with Crippen molar-refractivity contribution in [3.05, 3.63) is 104 Å². The summed E-state index contributed by atoms with van der Waals surface area (Å²) in [5.74, 6) is 1.62. The minimum atomic E-state index is 0.0872. The normalized spacial score (nSPS) is 10.6. The van der Waals surface area contributed by atoms with Crippen molar-refractivity contribution in [3.8, 4) is 34.4 Å². The third-order valence-electron chi connectivity index (χ3n) is 5.76. The Morgan fingerprint density at radius 2 is 1.60 bits per heavy atom. The number of pyridine rings is 1. The smallest absolute Gasteiger partial charge is 0.153 e. The van der Waals surface area contributed by atoms with E-state index in [1.807, 2.05) is 36.4 Å². The Hall–Kier alpha value is -3.47. The SMILES string of the molecule is N#Cc1cncc(COc2cc(OCc3cccc(-c4cccc(OCCCCl)c4Cl)c3Cl)c(Cl)cc2C=O)c1. The van der Waals surface area contributed by atoms with E-state index in [1.54, 1.807) is 24.4 Å². The Labute approximate surface area is 251 Å². The maximum Gasteiger partial charge on any atom is 0.153 e. The molecule has 1 heterocycles. The fourth-order valence-electron chi connectivity index (χ4n) is 3.79. The Morgan fingerprint density at radius 3 is 2.35 bits per heavy atom. The van der Waals surface area contributed by atoms with Gasteiger partial charge in [-0.2, -0.15) is 5.26 Å². The van der Waals surface area contributed by atoms with E-state index >= 15 is 0 Å². The number of aldehydes is 1. The van der Waals surface area contributed by atoms with Crippen LogP contribution in [0.4, 0.5) is 0 Å². The lowest BCUT2D eigenvalue weighted by Gasteiger charge is -2.16. The van der Waals surface area contributed by atoms with E-state index in [4.69, 9.17) is 65.9 Å². The van der Waals surface area contributed by atoms with Crippen LogP contribution in [-0.4, -0.2) is 23.8 Å². The summed E-state index contributed by atoms with van der Waals surface area (Å²) in [6.07, 6.45) is 4.38. The average molecular weight is 616 g/mol. The molecule has 4 rings (SSSR count). The number of aromatic nitrogens is 1. The van der Waals surface area contributed by atoms with E-state index in [2.05, 4.69) is 4.98 Å². The molecule has 40 heavy (non-hydrogen) atoms. The number of benzene rings is 3. The highest BCUT2D eigenvalue weighted by molar-refractivity contribution is 6.37. The van der Waals surface area contributed by atoms with Gasteiger partial charge in [-0.1, -0.05) is 65.1 Å². The monoisotopic (exact) mass is 614 g/mol. The zero-order chi connectivity index (χ0) is 28.5. The topological polar surface area (TPSA) is 81.4 Å². The second-order valence-electron chi connectivity index (χ2n) is 8.50. The number of ether oxygens (including phenoxy) is 3. The second-order valence-corrected chi connectivity index (χ2v) is 10.0. The summed E-state index contributed by atoms with van der Waals surface area (Å²) in [5.41, 5.74) is 3.46. The zero-order valence-electron chi connectivity index (χ0n) is 21.0. The van der Waals surface area contributed by atoms with Crippen molar-refractivity contribution in [2.45, 2.75) is 19.6 Å². The number of hydrogen-bond donors (Lipinski definition) is 0. The number of carbonyl (C=O) groups excluding carboxylic acids is 1. The summed E-state index contributed by atoms with van der Waals surface area (Å²) in [7, 11) is 0. The van der Waals surface area contributed by atoms with Gasteiger partial charge in [-0.15, -0.1) is 11.6 Å².